The van der Waals surface area contributed by atoms with Crippen LogP contribution in [0.2, 0.25) is 0 Å². The van der Waals surface area contributed by atoms with E-state index in [0.717, 1.165) is 18.7 Å². The Kier molecular flexibility index (Phi) is 5.84. The standard InChI is InChI=1S/C17H20F2N2/c18-17(19)16-8-6-15(7-9-16)13-21(11-10-20)12-14-4-2-1-3-5-14/h1-9,17H,10-13,20H2. The van der Waals surface area contributed by atoms with Crippen LogP contribution in [0, 0.1) is 0 Å². The van der Waals surface area contributed by atoms with Gasteiger partial charge in [0, 0.05) is 31.7 Å². The van der Waals surface area contributed by atoms with E-state index in [9.17, 15) is 8.78 Å². The van der Waals surface area contributed by atoms with Gasteiger partial charge in [-0.05, 0) is 11.1 Å². The largest absolute Gasteiger partial charge is 0.329 e. The van der Waals surface area contributed by atoms with Crippen LogP contribution in [0.4, 0.5) is 8.78 Å². The zero-order chi connectivity index (χ0) is 15.1. The molecule has 4 heteroatoms. The lowest BCUT2D eigenvalue weighted by Crippen LogP contribution is -2.28. The molecule has 2 aromatic carbocycles. The second kappa shape index (κ2) is 7.86. The summed E-state index contributed by atoms with van der Waals surface area (Å²) in [5.74, 6) is 0. The number of alkyl halides is 2. The van der Waals surface area contributed by atoms with Gasteiger partial charge in [0.05, 0.1) is 0 Å². The highest BCUT2D eigenvalue weighted by Crippen LogP contribution is 2.19. The Balaban J connectivity index is 2.02. The van der Waals surface area contributed by atoms with Crippen LogP contribution < -0.4 is 5.73 Å². The van der Waals surface area contributed by atoms with Crippen molar-refractivity contribution in [3.05, 3.63) is 71.3 Å². The Bertz CT molecular complexity index is 526. The number of hydrogen-bond acceptors (Lipinski definition) is 2. The molecule has 0 bridgehead atoms. The first kappa shape index (κ1) is 15.6. The summed E-state index contributed by atoms with van der Waals surface area (Å²) in [6.45, 7) is 2.84. The van der Waals surface area contributed by atoms with E-state index in [1.165, 1.54) is 17.7 Å². The maximum atomic E-state index is 12.5. The normalized spacial score (nSPS) is 11.3. The molecule has 2 rings (SSSR count). The van der Waals surface area contributed by atoms with Crippen molar-refractivity contribution >= 4 is 0 Å². The Labute approximate surface area is 124 Å². The van der Waals surface area contributed by atoms with Crippen LogP contribution in [0.1, 0.15) is 23.1 Å². The number of rotatable bonds is 7. The van der Waals surface area contributed by atoms with E-state index < -0.39 is 6.43 Å². The molecular formula is C17H20F2N2. The van der Waals surface area contributed by atoms with Crippen LogP contribution in [-0.4, -0.2) is 18.0 Å². The predicted octanol–water partition coefficient (Wildman–Crippen LogP) is 3.59. The zero-order valence-electron chi connectivity index (χ0n) is 11.9. The van der Waals surface area contributed by atoms with Crippen LogP contribution in [-0.2, 0) is 13.1 Å². The Morgan fingerprint density at radius 2 is 1.43 bits per heavy atom. The fourth-order valence-electron chi connectivity index (χ4n) is 2.26. The molecule has 0 saturated carbocycles. The smallest absolute Gasteiger partial charge is 0.263 e. The molecule has 0 amide bonds. The van der Waals surface area contributed by atoms with Crippen molar-refractivity contribution in [1.82, 2.24) is 4.90 Å². The first-order chi connectivity index (χ1) is 10.2. The molecule has 0 fully saturated rings. The Morgan fingerprint density at radius 1 is 0.857 bits per heavy atom. The summed E-state index contributed by atoms with van der Waals surface area (Å²) in [6.07, 6.45) is -2.41. The summed E-state index contributed by atoms with van der Waals surface area (Å²) in [5, 5.41) is 0. The highest BCUT2D eigenvalue weighted by molar-refractivity contribution is 5.23. The average molecular weight is 290 g/mol. The van der Waals surface area contributed by atoms with Gasteiger partial charge < -0.3 is 5.73 Å². The van der Waals surface area contributed by atoms with E-state index in [4.69, 9.17) is 5.73 Å². The quantitative estimate of drug-likeness (QED) is 0.844. The molecule has 0 aliphatic heterocycles. The van der Waals surface area contributed by atoms with Gasteiger partial charge in [-0.15, -0.1) is 0 Å². The Hall–Kier alpha value is -1.78. The number of nitrogens with two attached hydrogens (primary N) is 1. The minimum absolute atomic E-state index is 0.0622. The van der Waals surface area contributed by atoms with E-state index in [1.54, 1.807) is 12.1 Å². The molecule has 2 aromatic rings. The van der Waals surface area contributed by atoms with Gasteiger partial charge in [0.2, 0.25) is 0 Å². The van der Waals surface area contributed by atoms with Crippen molar-refractivity contribution in [3.63, 3.8) is 0 Å². The molecule has 0 unspecified atom stereocenters. The fraction of sp³-hybridized carbons (Fsp3) is 0.294. The maximum Gasteiger partial charge on any atom is 0.263 e. The number of halogens is 2. The lowest BCUT2D eigenvalue weighted by atomic mass is 10.1. The third kappa shape index (κ3) is 4.92. The topological polar surface area (TPSA) is 29.3 Å². The van der Waals surface area contributed by atoms with Crippen molar-refractivity contribution in [1.29, 1.82) is 0 Å². The highest BCUT2D eigenvalue weighted by Gasteiger charge is 2.09. The average Bonchev–Trinajstić information content (AvgIpc) is 2.49. The molecule has 21 heavy (non-hydrogen) atoms. The minimum Gasteiger partial charge on any atom is -0.329 e. The number of hydrogen-bond donors (Lipinski definition) is 1. The molecule has 0 spiro atoms. The fourth-order valence-corrected chi connectivity index (χ4v) is 2.26. The second-order valence-corrected chi connectivity index (χ2v) is 5.03. The van der Waals surface area contributed by atoms with Crippen molar-refractivity contribution < 1.29 is 8.78 Å². The molecule has 2 nitrogen and oxygen atoms in total. The van der Waals surface area contributed by atoms with Gasteiger partial charge in [-0.25, -0.2) is 8.78 Å². The van der Waals surface area contributed by atoms with E-state index in [-0.39, 0.29) is 5.56 Å². The van der Waals surface area contributed by atoms with Crippen LogP contribution in [0.25, 0.3) is 0 Å². The second-order valence-electron chi connectivity index (χ2n) is 5.03. The van der Waals surface area contributed by atoms with Gasteiger partial charge in [0.25, 0.3) is 6.43 Å². The molecule has 0 aliphatic rings. The minimum atomic E-state index is -2.41. The number of nitrogens with zero attached hydrogens (tertiary/aromatic N) is 1. The van der Waals surface area contributed by atoms with Crippen molar-refractivity contribution in [3.8, 4) is 0 Å². The first-order valence-electron chi connectivity index (χ1n) is 7.02. The number of benzene rings is 2. The van der Waals surface area contributed by atoms with Crippen molar-refractivity contribution in [2.45, 2.75) is 19.5 Å². The van der Waals surface area contributed by atoms with Gasteiger partial charge >= 0.3 is 0 Å². The van der Waals surface area contributed by atoms with E-state index in [2.05, 4.69) is 17.0 Å². The summed E-state index contributed by atoms with van der Waals surface area (Å²) in [4.78, 5) is 2.21. The third-order valence-electron chi connectivity index (χ3n) is 3.33. The van der Waals surface area contributed by atoms with Gasteiger partial charge in [-0.3, -0.25) is 4.90 Å². The summed E-state index contributed by atoms with van der Waals surface area (Å²) in [7, 11) is 0. The molecule has 0 saturated heterocycles. The van der Waals surface area contributed by atoms with E-state index in [0.29, 0.717) is 13.1 Å². The first-order valence-corrected chi connectivity index (χ1v) is 7.02. The van der Waals surface area contributed by atoms with Crippen LogP contribution in [0.5, 0.6) is 0 Å². The lowest BCUT2D eigenvalue weighted by molar-refractivity contribution is 0.151. The lowest BCUT2D eigenvalue weighted by Gasteiger charge is -2.22. The summed E-state index contributed by atoms with van der Waals surface area (Å²) >= 11 is 0. The molecule has 2 N–H and O–H groups in total. The summed E-state index contributed by atoms with van der Waals surface area (Å²) < 4.78 is 25.1. The molecular weight excluding hydrogens is 270 g/mol. The molecule has 0 aromatic heterocycles. The van der Waals surface area contributed by atoms with Crippen LogP contribution in [0.3, 0.4) is 0 Å². The Morgan fingerprint density at radius 3 is 1.95 bits per heavy atom. The van der Waals surface area contributed by atoms with Gasteiger partial charge in [-0.2, -0.15) is 0 Å². The van der Waals surface area contributed by atoms with Gasteiger partial charge in [-0.1, -0.05) is 54.6 Å². The monoisotopic (exact) mass is 290 g/mol. The zero-order valence-corrected chi connectivity index (χ0v) is 11.9. The van der Waals surface area contributed by atoms with Crippen LogP contribution in [0.15, 0.2) is 54.6 Å². The SMILES string of the molecule is NCCN(Cc1ccccc1)Cc1ccc(C(F)F)cc1. The van der Waals surface area contributed by atoms with E-state index in [1.807, 2.05) is 18.2 Å². The van der Waals surface area contributed by atoms with Crippen molar-refractivity contribution in [2.24, 2.45) is 5.73 Å². The molecule has 0 aliphatic carbocycles. The predicted molar refractivity (Wildman–Crippen MR) is 81.0 cm³/mol. The summed E-state index contributed by atoms with van der Waals surface area (Å²) in [6, 6.07) is 16.6. The molecule has 0 radical (unpaired) electrons. The van der Waals surface area contributed by atoms with Crippen LogP contribution >= 0.6 is 0 Å². The highest BCUT2D eigenvalue weighted by atomic mass is 19.3. The molecule has 0 atom stereocenters. The van der Waals surface area contributed by atoms with Gasteiger partial charge in [0.1, 0.15) is 0 Å². The molecule has 112 valence electrons. The van der Waals surface area contributed by atoms with Crippen molar-refractivity contribution in [2.75, 3.05) is 13.1 Å². The molecule has 0 heterocycles. The third-order valence-corrected chi connectivity index (χ3v) is 3.33. The van der Waals surface area contributed by atoms with Gasteiger partial charge in [0.15, 0.2) is 0 Å². The summed E-state index contributed by atoms with van der Waals surface area (Å²) in [5.41, 5.74) is 7.96. The maximum absolute atomic E-state index is 12.5. The van der Waals surface area contributed by atoms with E-state index >= 15 is 0 Å².